The summed E-state index contributed by atoms with van der Waals surface area (Å²) < 4.78 is 5.08. The third-order valence-corrected chi connectivity index (χ3v) is 4.43. The average Bonchev–Trinajstić information content (AvgIpc) is 3.07. The van der Waals surface area contributed by atoms with E-state index in [-0.39, 0.29) is 0 Å². The van der Waals surface area contributed by atoms with Gasteiger partial charge in [0, 0.05) is 49.7 Å². The summed E-state index contributed by atoms with van der Waals surface area (Å²) in [6, 6.07) is 14.4. The molecule has 0 unspecified atom stereocenters. The van der Waals surface area contributed by atoms with Crippen molar-refractivity contribution in [1.29, 1.82) is 0 Å². The zero-order valence-electron chi connectivity index (χ0n) is 15.0. The van der Waals surface area contributed by atoms with E-state index in [1.807, 2.05) is 32.0 Å². The van der Waals surface area contributed by atoms with E-state index in [1.54, 1.807) is 0 Å². The maximum absolute atomic E-state index is 5.08. The van der Waals surface area contributed by atoms with Gasteiger partial charge in [-0.1, -0.05) is 23.4 Å². The molecule has 7 nitrogen and oxygen atoms in total. The molecule has 3 heterocycles. The van der Waals surface area contributed by atoms with Crippen LogP contribution in [0.4, 0.5) is 23.3 Å². The minimum absolute atomic E-state index is 0.541. The number of rotatable bonds is 4. The second-order valence-electron chi connectivity index (χ2n) is 6.45. The number of nitrogens with zero attached hydrogens (tertiary/aromatic N) is 5. The standard InChI is InChI=1S/C19H22N6O/c1-14-12-18(22-19(20-14)21-17-13-15(2)26-23-17)25-10-8-24(9-11-25)16-6-4-3-5-7-16/h3-7,12-13H,8-11H2,1-2H3,(H,20,21,22,23). The zero-order valence-corrected chi connectivity index (χ0v) is 15.0. The smallest absolute Gasteiger partial charge is 0.230 e. The summed E-state index contributed by atoms with van der Waals surface area (Å²) in [5.74, 6) is 2.84. The fraction of sp³-hybridized carbons (Fsp3) is 0.316. The van der Waals surface area contributed by atoms with Crippen LogP contribution in [-0.2, 0) is 0 Å². The molecule has 134 valence electrons. The Kier molecular flexibility index (Phi) is 4.43. The SMILES string of the molecule is Cc1cc(N2CCN(c3ccccc3)CC2)nc(Nc2cc(C)on2)n1. The molecule has 3 aromatic rings. The van der Waals surface area contributed by atoms with Crippen molar-refractivity contribution >= 4 is 23.3 Å². The summed E-state index contributed by atoms with van der Waals surface area (Å²) in [6.07, 6.45) is 0. The molecule has 7 heteroatoms. The van der Waals surface area contributed by atoms with Gasteiger partial charge < -0.3 is 19.6 Å². The Bertz CT molecular complexity index is 871. The lowest BCUT2D eigenvalue weighted by atomic mass is 10.2. The van der Waals surface area contributed by atoms with Crippen LogP contribution in [0.25, 0.3) is 0 Å². The van der Waals surface area contributed by atoms with E-state index >= 15 is 0 Å². The van der Waals surface area contributed by atoms with Crippen LogP contribution < -0.4 is 15.1 Å². The molecule has 0 radical (unpaired) electrons. The van der Waals surface area contributed by atoms with Crippen LogP contribution >= 0.6 is 0 Å². The molecule has 1 aromatic carbocycles. The van der Waals surface area contributed by atoms with Gasteiger partial charge in [0.25, 0.3) is 0 Å². The van der Waals surface area contributed by atoms with Crippen LogP contribution in [0.15, 0.2) is 47.0 Å². The highest BCUT2D eigenvalue weighted by molar-refractivity contribution is 5.53. The van der Waals surface area contributed by atoms with Gasteiger partial charge in [0.15, 0.2) is 5.82 Å². The molecular formula is C19H22N6O. The van der Waals surface area contributed by atoms with Gasteiger partial charge in [-0.3, -0.25) is 0 Å². The summed E-state index contributed by atoms with van der Waals surface area (Å²) in [5.41, 5.74) is 2.19. The first kappa shape index (κ1) is 16.4. The number of aromatic nitrogens is 3. The second-order valence-corrected chi connectivity index (χ2v) is 6.45. The van der Waals surface area contributed by atoms with Crippen molar-refractivity contribution < 1.29 is 4.52 Å². The van der Waals surface area contributed by atoms with Crippen LogP contribution in [0.2, 0.25) is 0 Å². The normalized spacial score (nSPS) is 14.5. The van der Waals surface area contributed by atoms with Gasteiger partial charge in [0.05, 0.1) is 0 Å². The van der Waals surface area contributed by atoms with Gasteiger partial charge in [-0.05, 0) is 26.0 Å². The van der Waals surface area contributed by atoms with Crippen LogP contribution in [0.1, 0.15) is 11.5 Å². The molecular weight excluding hydrogens is 328 g/mol. The number of nitrogens with one attached hydrogen (secondary N) is 1. The topological polar surface area (TPSA) is 70.3 Å². The maximum Gasteiger partial charge on any atom is 0.230 e. The van der Waals surface area contributed by atoms with E-state index in [1.165, 1.54) is 5.69 Å². The summed E-state index contributed by atoms with van der Waals surface area (Å²) in [4.78, 5) is 13.8. The lowest BCUT2D eigenvalue weighted by molar-refractivity contribution is 0.400. The Balaban J connectivity index is 1.46. The number of aryl methyl sites for hydroxylation is 2. The number of anilines is 4. The first-order valence-corrected chi connectivity index (χ1v) is 8.78. The fourth-order valence-electron chi connectivity index (χ4n) is 3.14. The minimum Gasteiger partial charge on any atom is -0.368 e. The number of benzene rings is 1. The van der Waals surface area contributed by atoms with Crippen molar-refractivity contribution in [2.45, 2.75) is 13.8 Å². The van der Waals surface area contributed by atoms with Crippen LogP contribution in [-0.4, -0.2) is 41.3 Å². The highest BCUT2D eigenvalue weighted by Gasteiger charge is 2.19. The Morgan fingerprint density at radius 1 is 0.923 bits per heavy atom. The molecule has 0 bridgehead atoms. The number of hydrogen-bond acceptors (Lipinski definition) is 7. The lowest BCUT2D eigenvalue weighted by Crippen LogP contribution is -2.46. The Hall–Kier alpha value is -3.09. The van der Waals surface area contributed by atoms with Crippen molar-refractivity contribution in [1.82, 2.24) is 15.1 Å². The third kappa shape index (κ3) is 3.61. The van der Waals surface area contributed by atoms with E-state index in [9.17, 15) is 0 Å². The molecule has 1 aliphatic rings. The number of piperazine rings is 1. The summed E-state index contributed by atoms with van der Waals surface area (Å²) >= 11 is 0. The van der Waals surface area contributed by atoms with Crippen LogP contribution in [0.3, 0.4) is 0 Å². The predicted molar refractivity (Wildman–Crippen MR) is 102 cm³/mol. The van der Waals surface area contributed by atoms with E-state index in [0.29, 0.717) is 11.8 Å². The van der Waals surface area contributed by atoms with Gasteiger partial charge in [0.2, 0.25) is 5.95 Å². The van der Waals surface area contributed by atoms with Crippen LogP contribution in [0.5, 0.6) is 0 Å². The molecule has 1 N–H and O–H groups in total. The Labute approximate surface area is 152 Å². The highest BCUT2D eigenvalue weighted by Crippen LogP contribution is 2.21. The van der Waals surface area contributed by atoms with E-state index in [2.05, 4.69) is 54.5 Å². The average molecular weight is 350 g/mol. The van der Waals surface area contributed by atoms with Gasteiger partial charge >= 0.3 is 0 Å². The summed E-state index contributed by atoms with van der Waals surface area (Å²) in [7, 11) is 0. The fourth-order valence-corrected chi connectivity index (χ4v) is 3.14. The Morgan fingerprint density at radius 3 is 2.35 bits per heavy atom. The van der Waals surface area contributed by atoms with Crippen LogP contribution in [0, 0.1) is 13.8 Å². The van der Waals surface area contributed by atoms with E-state index in [4.69, 9.17) is 4.52 Å². The lowest BCUT2D eigenvalue weighted by Gasteiger charge is -2.36. The summed E-state index contributed by atoms with van der Waals surface area (Å²) in [5, 5.41) is 7.06. The molecule has 2 aromatic heterocycles. The first-order valence-electron chi connectivity index (χ1n) is 8.78. The van der Waals surface area contributed by atoms with Crippen molar-refractivity contribution in [2.24, 2.45) is 0 Å². The largest absolute Gasteiger partial charge is 0.368 e. The highest BCUT2D eigenvalue weighted by atomic mass is 16.5. The molecule has 0 saturated carbocycles. The molecule has 0 atom stereocenters. The molecule has 0 spiro atoms. The molecule has 1 fully saturated rings. The van der Waals surface area contributed by atoms with Crippen molar-refractivity contribution in [3.8, 4) is 0 Å². The number of para-hydroxylation sites is 1. The van der Waals surface area contributed by atoms with Crippen molar-refractivity contribution in [3.05, 3.63) is 53.9 Å². The molecule has 4 rings (SSSR count). The van der Waals surface area contributed by atoms with Gasteiger partial charge in [-0.15, -0.1) is 0 Å². The van der Waals surface area contributed by atoms with Gasteiger partial charge in [-0.25, -0.2) is 4.98 Å². The number of hydrogen-bond donors (Lipinski definition) is 1. The Morgan fingerprint density at radius 2 is 1.65 bits per heavy atom. The second kappa shape index (κ2) is 7.03. The maximum atomic E-state index is 5.08. The van der Waals surface area contributed by atoms with E-state index < -0.39 is 0 Å². The van der Waals surface area contributed by atoms with Gasteiger partial charge in [-0.2, -0.15) is 4.98 Å². The predicted octanol–water partition coefficient (Wildman–Crippen LogP) is 3.15. The van der Waals surface area contributed by atoms with Crippen molar-refractivity contribution in [2.75, 3.05) is 41.3 Å². The molecule has 1 aliphatic heterocycles. The van der Waals surface area contributed by atoms with E-state index in [0.717, 1.165) is 43.5 Å². The molecule has 26 heavy (non-hydrogen) atoms. The summed E-state index contributed by atoms with van der Waals surface area (Å²) in [6.45, 7) is 7.62. The van der Waals surface area contributed by atoms with Crippen molar-refractivity contribution in [3.63, 3.8) is 0 Å². The molecule has 1 saturated heterocycles. The van der Waals surface area contributed by atoms with Gasteiger partial charge in [0.1, 0.15) is 11.6 Å². The molecule has 0 amide bonds. The molecule has 0 aliphatic carbocycles. The quantitative estimate of drug-likeness (QED) is 0.775. The first-order chi connectivity index (χ1) is 12.7. The monoisotopic (exact) mass is 350 g/mol. The minimum atomic E-state index is 0.541. The third-order valence-electron chi connectivity index (χ3n) is 4.43. The zero-order chi connectivity index (χ0) is 17.9.